The summed E-state index contributed by atoms with van der Waals surface area (Å²) in [5, 5.41) is 13.5. The van der Waals surface area contributed by atoms with Gasteiger partial charge in [-0.05, 0) is 18.2 Å². The molecule has 1 fully saturated rings. The maximum absolute atomic E-state index is 12.5. The van der Waals surface area contributed by atoms with Crippen LogP contribution >= 0.6 is 0 Å². The average molecular weight is 355 g/mol. The molecule has 1 N–H and O–H groups in total. The van der Waals surface area contributed by atoms with Crippen molar-refractivity contribution in [1.82, 2.24) is 0 Å². The number of amides is 2. The van der Waals surface area contributed by atoms with Gasteiger partial charge in [0.2, 0.25) is 11.8 Å². The third-order valence-corrected chi connectivity index (χ3v) is 4.22. The van der Waals surface area contributed by atoms with Gasteiger partial charge < -0.3 is 15.0 Å². The summed E-state index contributed by atoms with van der Waals surface area (Å²) in [5.74, 6) is -0.768. The second-order valence-corrected chi connectivity index (χ2v) is 5.87. The predicted molar refractivity (Wildman–Crippen MR) is 95.2 cm³/mol. The Labute approximate surface area is 149 Å². The second kappa shape index (κ2) is 7.22. The van der Waals surface area contributed by atoms with E-state index in [-0.39, 0.29) is 36.2 Å². The summed E-state index contributed by atoms with van der Waals surface area (Å²) in [5.41, 5.74) is 0.945. The van der Waals surface area contributed by atoms with E-state index in [0.717, 1.165) is 5.69 Å². The van der Waals surface area contributed by atoms with Crippen LogP contribution in [0.2, 0.25) is 0 Å². The number of carbonyl (C=O) groups is 2. The van der Waals surface area contributed by atoms with Crippen molar-refractivity contribution >= 4 is 28.9 Å². The second-order valence-electron chi connectivity index (χ2n) is 5.87. The van der Waals surface area contributed by atoms with Crippen LogP contribution in [-0.4, -0.2) is 30.4 Å². The van der Waals surface area contributed by atoms with Gasteiger partial charge in [0.1, 0.15) is 5.75 Å². The largest absolute Gasteiger partial charge is 0.494 e. The van der Waals surface area contributed by atoms with Crippen molar-refractivity contribution in [3.8, 4) is 5.75 Å². The highest BCUT2D eigenvalue weighted by atomic mass is 16.6. The first-order valence-corrected chi connectivity index (χ1v) is 7.98. The van der Waals surface area contributed by atoms with Crippen LogP contribution in [0.3, 0.4) is 0 Å². The van der Waals surface area contributed by atoms with Crippen molar-refractivity contribution in [1.29, 1.82) is 0 Å². The molecule has 1 unspecified atom stereocenters. The molecule has 2 amide bonds. The Balaban J connectivity index is 1.73. The molecule has 0 saturated carbocycles. The summed E-state index contributed by atoms with van der Waals surface area (Å²) in [4.78, 5) is 36.7. The lowest BCUT2D eigenvalue weighted by Crippen LogP contribution is -2.28. The van der Waals surface area contributed by atoms with E-state index in [0.29, 0.717) is 5.69 Å². The Morgan fingerprint density at radius 3 is 2.65 bits per heavy atom. The molecule has 0 radical (unpaired) electrons. The first-order chi connectivity index (χ1) is 12.5. The Morgan fingerprint density at radius 1 is 1.27 bits per heavy atom. The molecule has 3 rings (SSSR count). The number of nitrogens with one attached hydrogen (secondary N) is 1. The first kappa shape index (κ1) is 17.4. The number of carbonyl (C=O) groups excluding carboxylic acids is 2. The van der Waals surface area contributed by atoms with Crippen LogP contribution in [0.1, 0.15) is 6.42 Å². The molecule has 1 aliphatic heterocycles. The van der Waals surface area contributed by atoms with E-state index in [1.807, 2.05) is 30.3 Å². The number of rotatable bonds is 5. The molecule has 1 heterocycles. The topological polar surface area (TPSA) is 102 Å². The van der Waals surface area contributed by atoms with Crippen LogP contribution in [0, 0.1) is 16.0 Å². The van der Waals surface area contributed by atoms with Gasteiger partial charge in [-0.2, -0.15) is 0 Å². The lowest BCUT2D eigenvalue weighted by molar-refractivity contribution is -0.384. The summed E-state index contributed by atoms with van der Waals surface area (Å²) >= 11 is 0. The number of nitro groups is 1. The third-order valence-electron chi connectivity index (χ3n) is 4.22. The molecule has 134 valence electrons. The highest BCUT2D eigenvalue weighted by molar-refractivity contribution is 6.03. The van der Waals surface area contributed by atoms with Crippen LogP contribution in [0.5, 0.6) is 5.75 Å². The Bertz CT molecular complexity index is 853. The minimum absolute atomic E-state index is 0.107. The predicted octanol–water partition coefficient (Wildman–Crippen LogP) is 2.60. The Hall–Kier alpha value is -3.42. The number of anilines is 2. The number of benzene rings is 2. The number of para-hydroxylation sites is 1. The summed E-state index contributed by atoms with van der Waals surface area (Å²) in [6.07, 6.45) is 0.107. The minimum atomic E-state index is -0.540. The number of nitro benzene ring substituents is 1. The molecule has 2 aromatic rings. The molecule has 1 atom stereocenters. The van der Waals surface area contributed by atoms with E-state index < -0.39 is 10.8 Å². The van der Waals surface area contributed by atoms with E-state index in [1.165, 1.54) is 25.3 Å². The zero-order valence-electron chi connectivity index (χ0n) is 14.0. The summed E-state index contributed by atoms with van der Waals surface area (Å²) < 4.78 is 5.11. The van der Waals surface area contributed by atoms with Gasteiger partial charge >= 0.3 is 0 Å². The van der Waals surface area contributed by atoms with Crippen molar-refractivity contribution in [3.05, 3.63) is 58.6 Å². The van der Waals surface area contributed by atoms with Crippen LogP contribution in [-0.2, 0) is 9.59 Å². The molecule has 8 heteroatoms. The number of hydrogen-bond donors (Lipinski definition) is 1. The van der Waals surface area contributed by atoms with Crippen molar-refractivity contribution in [2.75, 3.05) is 23.9 Å². The molecule has 26 heavy (non-hydrogen) atoms. The standard InChI is InChI=1S/C18H17N3O5/c1-26-16-10-14(21(24)25)7-8-15(16)19-18(23)12-9-17(22)20(11-12)13-5-3-2-4-6-13/h2-8,10,12H,9,11H2,1H3,(H,19,23). The maximum atomic E-state index is 12.5. The fraction of sp³-hybridized carbons (Fsp3) is 0.222. The van der Waals surface area contributed by atoms with Crippen LogP contribution < -0.4 is 15.0 Å². The van der Waals surface area contributed by atoms with E-state index in [4.69, 9.17) is 4.74 Å². The lowest BCUT2D eigenvalue weighted by Gasteiger charge is -2.17. The summed E-state index contributed by atoms with van der Waals surface area (Å²) in [7, 11) is 1.37. The fourth-order valence-electron chi connectivity index (χ4n) is 2.87. The number of ether oxygens (including phenoxy) is 1. The van der Waals surface area contributed by atoms with E-state index in [9.17, 15) is 19.7 Å². The molecule has 2 aromatic carbocycles. The van der Waals surface area contributed by atoms with Crippen LogP contribution in [0.4, 0.5) is 17.1 Å². The molecular weight excluding hydrogens is 338 g/mol. The SMILES string of the molecule is COc1cc([N+](=O)[O-])ccc1NC(=O)C1CC(=O)N(c2ccccc2)C1. The van der Waals surface area contributed by atoms with E-state index >= 15 is 0 Å². The summed E-state index contributed by atoms with van der Waals surface area (Å²) in [6, 6.07) is 13.1. The van der Waals surface area contributed by atoms with Crippen molar-refractivity contribution in [2.24, 2.45) is 5.92 Å². The molecule has 0 bridgehead atoms. The number of non-ortho nitro benzene ring substituents is 1. The van der Waals surface area contributed by atoms with Gasteiger partial charge in [-0.15, -0.1) is 0 Å². The zero-order chi connectivity index (χ0) is 18.7. The fourth-order valence-corrected chi connectivity index (χ4v) is 2.87. The third kappa shape index (κ3) is 3.49. The minimum Gasteiger partial charge on any atom is -0.494 e. The molecule has 0 aliphatic carbocycles. The first-order valence-electron chi connectivity index (χ1n) is 7.98. The molecule has 8 nitrogen and oxygen atoms in total. The highest BCUT2D eigenvalue weighted by Gasteiger charge is 2.35. The molecule has 0 spiro atoms. The monoisotopic (exact) mass is 355 g/mol. The highest BCUT2D eigenvalue weighted by Crippen LogP contribution is 2.31. The van der Waals surface area contributed by atoms with Crippen LogP contribution in [0.25, 0.3) is 0 Å². The lowest BCUT2D eigenvalue weighted by atomic mass is 10.1. The van der Waals surface area contributed by atoms with E-state index in [1.54, 1.807) is 4.90 Å². The van der Waals surface area contributed by atoms with Gasteiger partial charge in [0.15, 0.2) is 0 Å². The molecule has 1 aliphatic rings. The van der Waals surface area contributed by atoms with Gasteiger partial charge in [-0.25, -0.2) is 0 Å². The van der Waals surface area contributed by atoms with Gasteiger partial charge in [0, 0.05) is 24.7 Å². The van der Waals surface area contributed by atoms with E-state index in [2.05, 4.69) is 5.32 Å². The molecule has 1 saturated heterocycles. The van der Waals surface area contributed by atoms with Crippen molar-refractivity contribution < 1.29 is 19.2 Å². The number of methoxy groups -OCH3 is 1. The van der Waals surface area contributed by atoms with Gasteiger partial charge in [-0.1, -0.05) is 18.2 Å². The normalized spacial score (nSPS) is 16.4. The number of hydrogen-bond acceptors (Lipinski definition) is 5. The van der Waals surface area contributed by atoms with Gasteiger partial charge in [0.05, 0.1) is 29.7 Å². The zero-order valence-corrected chi connectivity index (χ0v) is 14.0. The Morgan fingerprint density at radius 2 is 2.00 bits per heavy atom. The van der Waals surface area contributed by atoms with Crippen molar-refractivity contribution in [3.63, 3.8) is 0 Å². The average Bonchev–Trinajstić information content (AvgIpc) is 3.04. The van der Waals surface area contributed by atoms with Gasteiger partial charge in [-0.3, -0.25) is 19.7 Å². The quantitative estimate of drug-likeness (QED) is 0.656. The summed E-state index contributed by atoms with van der Waals surface area (Å²) in [6.45, 7) is 0.282. The number of nitrogens with zero attached hydrogens (tertiary/aromatic N) is 2. The Kier molecular flexibility index (Phi) is 4.83. The smallest absolute Gasteiger partial charge is 0.273 e. The maximum Gasteiger partial charge on any atom is 0.273 e. The van der Waals surface area contributed by atoms with Gasteiger partial charge in [0.25, 0.3) is 5.69 Å². The molecule has 0 aromatic heterocycles. The van der Waals surface area contributed by atoms with Crippen LogP contribution in [0.15, 0.2) is 48.5 Å². The molecular formula is C18H17N3O5. The van der Waals surface area contributed by atoms with Crippen molar-refractivity contribution in [2.45, 2.75) is 6.42 Å².